The number of para-hydroxylation sites is 1. The van der Waals surface area contributed by atoms with Crippen molar-refractivity contribution in [2.24, 2.45) is 0 Å². The number of benzene rings is 1. The minimum absolute atomic E-state index is 0.345. The fraction of sp³-hybridized carbons (Fsp3) is 0.400. The van der Waals surface area contributed by atoms with Crippen molar-refractivity contribution in [3.05, 3.63) is 35.4 Å². The SMILES string of the molecule is CCOC(=O)/C=C/c1cccc(C2COC2)c1OC. The van der Waals surface area contributed by atoms with Crippen molar-refractivity contribution in [3.63, 3.8) is 0 Å². The summed E-state index contributed by atoms with van der Waals surface area (Å²) < 4.78 is 15.5. The topological polar surface area (TPSA) is 44.8 Å². The van der Waals surface area contributed by atoms with E-state index in [-0.39, 0.29) is 5.97 Å². The third-order valence-corrected chi connectivity index (χ3v) is 3.04. The molecule has 0 atom stereocenters. The second-order valence-corrected chi connectivity index (χ2v) is 4.29. The van der Waals surface area contributed by atoms with Gasteiger partial charge in [-0.25, -0.2) is 4.79 Å². The average molecular weight is 262 g/mol. The monoisotopic (exact) mass is 262 g/mol. The quantitative estimate of drug-likeness (QED) is 0.603. The van der Waals surface area contributed by atoms with E-state index in [1.54, 1.807) is 20.1 Å². The molecule has 0 amide bonds. The van der Waals surface area contributed by atoms with Gasteiger partial charge in [0.1, 0.15) is 5.75 Å². The zero-order chi connectivity index (χ0) is 13.7. The molecule has 0 unspecified atom stereocenters. The van der Waals surface area contributed by atoms with Crippen molar-refractivity contribution < 1.29 is 19.0 Å². The highest BCUT2D eigenvalue weighted by molar-refractivity contribution is 5.87. The summed E-state index contributed by atoms with van der Waals surface area (Å²) in [5, 5.41) is 0. The molecule has 0 radical (unpaired) electrons. The Labute approximate surface area is 113 Å². The first-order valence-corrected chi connectivity index (χ1v) is 6.35. The van der Waals surface area contributed by atoms with Crippen LogP contribution >= 0.6 is 0 Å². The van der Waals surface area contributed by atoms with Gasteiger partial charge in [0.15, 0.2) is 0 Å². The van der Waals surface area contributed by atoms with Crippen LogP contribution in [0.4, 0.5) is 0 Å². The minimum atomic E-state index is -0.345. The van der Waals surface area contributed by atoms with Gasteiger partial charge in [-0.15, -0.1) is 0 Å². The Kier molecular flexibility index (Phi) is 4.58. The second-order valence-electron chi connectivity index (χ2n) is 4.29. The predicted octanol–water partition coefficient (Wildman–Crippen LogP) is 2.39. The van der Waals surface area contributed by atoms with Gasteiger partial charge < -0.3 is 14.2 Å². The van der Waals surface area contributed by atoms with Crippen molar-refractivity contribution in [2.75, 3.05) is 26.9 Å². The first kappa shape index (κ1) is 13.6. The van der Waals surface area contributed by atoms with Crippen molar-refractivity contribution in [2.45, 2.75) is 12.8 Å². The van der Waals surface area contributed by atoms with E-state index in [4.69, 9.17) is 14.2 Å². The molecule has 1 heterocycles. The molecular formula is C15H18O4. The first-order valence-electron chi connectivity index (χ1n) is 6.35. The Bertz CT molecular complexity index is 475. The van der Waals surface area contributed by atoms with Crippen LogP contribution in [0, 0.1) is 0 Å². The smallest absolute Gasteiger partial charge is 0.330 e. The van der Waals surface area contributed by atoms with E-state index in [0.29, 0.717) is 12.5 Å². The molecule has 0 aromatic heterocycles. The van der Waals surface area contributed by atoms with Crippen molar-refractivity contribution >= 4 is 12.0 Å². The Morgan fingerprint density at radius 3 is 2.84 bits per heavy atom. The maximum absolute atomic E-state index is 11.3. The van der Waals surface area contributed by atoms with Gasteiger partial charge >= 0.3 is 5.97 Å². The molecule has 4 heteroatoms. The van der Waals surface area contributed by atoms with Crippen LogP contribution in [0.1, 0.15) is 24.0 Å². The van der Waals surface area contributed by atoms with Gasteiger partial charge in [-0.05, 0) is 13.0 Å². The molecule has 1 aromatic carbocycles. The van der Waals surface area contributed by atoms with Gasteiger partial charge in [0.2, 0.25) is 0 Å². The Hall–Kier alpha value is -1.81. The maximum Gasteiger partial charge on any atom is 0.330 e. The molecule has 4 nitrogen and oxygen atoms in total. The summed E-state index contributed by atoms with van der Waals surface area (Å²) in [6, 6.07) is 5.91. The molecule has 0 aliphatic carbocycles. The second kappa shape index (κ2) is 6.38. The summed E-state index contributed by atoms with van der Waals surface area (Å²) in [5.41, 5.74) is 2.00. The average Bonchev–Trinajstić information content (AvgIpc) is 2.35. The summed E-state index contributed by atoms with van der Waals surface area (Å²) >= 11 is 0. The van der Waals surface area contributed by atoms with E-state index < -0.39 is 0 Å². The molecule has 0 N–H and O–H groups in total. The molecule has 0 spiro atoms. The number of esters is 1. The van der Waals surface area contributed by atoms with Crippen LogP contribution in [0.3, 0.4) is 0 Å². The largest absolute Gasteiger partial charge is 0.496 e. The fourth-order valence-electron chi connectivity index (χ4n) is 2.03. The fourth-order valence-corrected chi connectivity index (χ4v) is 2.03. The first-order chi connectivity index (χ1) is 9.26. The predicted molar refractivity (Wildman–Crippen MR) is 72.2 cm³/mol. The Morgan fingerprint density at radius 1 is 1.47 bits per heavy atom. The van der Waals surface area contributed by atoms with E-state index in [1.165, 1.54) is 6.08 Å². The lowest BCUT2D eigenvalue weighted by molar-refractivity contribution is -0.137. The van der Waals surface area contributed by atoms with Crippen molar-refractivity contribution in [3.8, 4) is 5.75 Å². The van der Waals surface area contributed by atoms with Gasteiger partial charge in [0.05, 0.1) is 26.9 Å². The molecule has 1 aromatic rings. The molecule has 1 aliphatic rings. The van der Waals surface area contributed by atoms with Crippen LogP contribution in [0.15, 0.2) is 24.3 Å². The van der Waals surface area contributed by atoms with Gasteiger partial charge in [0.25, 0.3) is 0 Å². The number of rotatable bonds is 5. The van der Waals surface area contributed by atoms with E-state index in [9.17, 15) is 4.79 Å². The van der Waals surface area contributed by atoms with Crippen LogP contribution in [-0.2, 0) is 14.3 Å². The van der Waals surface area contributed by atoms with Crippen LogP contribution in [0.5, 0.6) is 5.75 Å². The van der Waals surface area contributed by atoms with Gasteiger partial charge in [0, 0.05) is 23.1 Å². The van der Waals surface area contributed by atoms with Crippen molar-refractivity contribution in [1.29, 1.82) is 0 Å². The number of hydrogen-bond acceptors (Lipinski definition) is 4. The number of carbonyl (C=O) groups is 1. The third kappa shape index (κ3) is 3.15. The Balaban J connectivity index is 2.22. The minimum Gasteiger partial charge on any atom is -0.496 e. The third-order valence-electron chi connectivity index (χ3n) is 3.04. The normalized spacial score (nSPS) is 15.3. The highest BCUT2D eigenvalue weighted by atomic mass is 16.5. The van der Waals surface area contributed by atoms with E-state index in [1.807, 2.05) is 18.2 Å². The lowest BCUT2D eigenvalue weighted by atomic mass is 9.94. The van der Waals surface area contributed by atoms with Crippen LogP contribution in [0.2, 0.25) is 0 Å². The molecule has 1 aliphatic heterocycles. The molecule has 1 fully saturated rings. The Morgan fingerprint density at radius 2 is 2.26 bits per heavy atom. The van der Waals surface area contributed by atoms with Crippen LogP contribution < -0.4 is 4.74 Å². The number of hydrogen-bond donors (Lipinski definition) is 0. The van der Waals surface area contributed by atoms with E-state index in [2.05, 4.69) is 0 Å². The van der Waals surface area contributed by atoms with E-state index in [0.717, 1.165) is 30.1 Å². The standard InChI is InChI=1S/C15H18O4/c1-3-19-14(16)8-7-11-5-4-6-13(15(11)17-2)12-9-18-10-12/h4-8,12H,3,9-10H2,1-2H3/b8-7+. The zero-order valence-corrected chi connectivity index (χ0v) is 11.2. The molecule has 0 saturated carbocycles. The molecular weight excluding hydrogens is 244 g/mol. The summed E-state index contributed by atoms with van der Waals surface area (Å²) in [5.74, 6) is 0.837. The van der Waals surface area contributed by atoms with Gasteiger partial charge in [-0.2, -0.15) is 0 Å². The summed E-state index contributed by atoms with van der Waals surface area (Å²) in [4.78, 5) is 11.3. The van der Waals surface area contributed by atoms with Gasteiger partial charge in [-0.3, -0.25) is 0 Å². The molecule has 1 saturated heterocycles. The summed E-state index contributed by atoms with van der Waals surface area (Å²) in [7, 11) is 1.64. The lowest BCUT2D eigenvalue weighted by Gasteiger charge is -2.28. The summed E-state index contributed by atoms with van der Waals surface area (Å²) in [6.07, 6.45) is 3.14. The highest BCUT2D eigenvalue weighted by Crippen LogP contribution is 2.34. The molecule has 0 bridgehead atoms. The van der Waals surface area contributed by atoms with Gasteiger partial charge in [-0.1, -0.05) is 18.2 Å². The maximum atomic E-state index is 11.3. The lowest BCUT2D eigenvalue weighted by Crippen LogP contribution is -2.25. The summed E-state index contributed by atoms with van der Waals surface area (Å²) in [6.45, 7) is 3.60. The zero-order valence-electron chi connectivity index (χ0n) is 11.2. The van der Waals surface area contributed by atoms with Crippen LogP contribution in [-0.4, -0.2) is 32.9 Å². The molecule has 19 heavy (non-hydrogen) atoms. The van der Waals surface area contributed by atoms with E-state index >= 15 is 0 Å². The number of ether oxygens (including phenoxy) is 3. The highest BCUT2D eigenvalue weighted by Gasteiger charge is 2.24. The molecule has 102 valence electrons. The molecule has 2 rings (SSSR count). The number of carbonyl (C=O) groups excluding carboxylic acids is 1. The van der Waals surface area contributed by atoms with Crippen LogP contribution in [0.25, 0.3) is 6.08 Å². The van der Waals surface area contributed by atoms with Crippen molar-refractivity contribution in [1.82, 2.24) is 0 Å². The number of methoxy groups -OCH3 is 1.